The minimum Gasteiger partial charge on any atom is -0.452 e. The fourth-order valence-corrected chi connectivity index (χ4v) is 2.73. The molecule has 0 atom stereocenters. The summed E-state index contributed by atoms with van der Waals surface area (Å²) in [5.74, 6) is 0.679. The number of hydrogen-bond donors (Lipinski definition) is 1. The van der Waals surface area contributed by atoms with E-state index in [0.717, 1.165) is 11.5 Å². The zero-order valence-electron chi connectivity index (χ0n) is 14.4. The SMILES string of the molecule is Cc1cc(CSc2ncccc2C(=O)OCC(=O)NCC(C)C)no1. The first kappa shape index (κ1) is 19.0. The number of rotatable bonds is 8. The van der Waals surface area contributed by atoms with Gasteiger partial charge in [-0.3, -0.25) is 4.79 Å². The lowest BCUT2D eigenvalue weighted by Crippen LogP contribution is -2.31. The molecule has 0 aliphatic rings. The van der Waals surface area contributed by atoms with Crippen LogP contribution in [0.5, 0.6) is 0 Å². The summed E-state index contributed by atoms with van der Waals surface area (Å²) < 4.78 is 10.1. The van der Waals surface area contributed by atoms with Crippen LogP contribution in [-0.2, 0) is 15.3 Å². The van der Waals surface area contributed by atoms with Crippen LogP contribution in [0.25, 0.3) is 0 Å². The molecule has 7 nitrogen and oxygen atoms in total. The number of nitrogens with one attached hydrogen (secondary N) is 1. The molecular formula is C17H21N3O4S. The van der Waals surface area contributed by atoms with Gasteiger partial charge in [0, 0.05) is 24.6 Å². The molecule has 0 radical (unpaired) electrons. The summed E-state index contributed by atoms with van der Waals surface area (Å²) in [5, 5.41) is 7.13. The van der Waals surface area contributed by atoms with Crippen LogP contribution < -0.4 is 5.32 Å². The van der Waals surface area contributed by atoms with Crippen molar-refractivity contribution >= 4 is 23.6 Å². The van der Waals surface area contributed by atoms with E-state index in [1.165, 1.54) is 11.8 Å². The second kappa shape index (κ2) is 9.22. The molecule has 0 saturated carbocycles. The molecule has 0 aliphatic carbocycles. The molecule has 0 aromatic carbocycles. The number of carbonyl (C=O) groups excluding carboxylic acids is 2. The lowest BCUT2D eigenvalue weighted by Gasteiger charge is -2.09. The van der Waals surface area contributed by atoms with E-state index in [0.29, 0.717) is 28.8 Å². The lowest BCUT2D eigenvalue weighted by atomic mass is 10.2. The Kier molecular flexibility index (Phi) is 7.00. The highest BCUT2D eigenvalue weighted by Gasteiger charge is 2.16. The van der Waals surface area contributed by atoms with Crippen molar-refractivity contribution in [1.82, 2.24) is 15.5 Å². The van der Waals surface area contributed by atoms with E-state index >= 15 is 0 Å². The van der Waals surface area contributed by atoms with Gasteiger partial charge in [-0.05, 0) is 25.0 Å². The van der Waals surface area contributed by atoms with Gasteiger partial charge in [-0.1, -0.05) is 30.8 Å². The van der Waals surface area contributed by atoms with E-state index in [1.807, 2.05) is 26.8 Å². The number of nitrogens with zero attached hydrogens (tertiary/aromatic N) is 2. The first-order valence-electron chi connectivity index (χ1n) is 7.89. The van der Waals surface area contributed by atoms with E-state index < -0.39 is 5.97 Å². The van der Waals surface area contributed by atoms with Gasteiger partial charge in [-0.25, -0.2) is 9.78 Å². The molecular weight excluding hydrogens is 342 g/mol. The van der Waals surface area contributed by atoms with Gasteiger partial charge in [0.25, 0.3) is 5.91 Å². The Morgan fingerprint density at radius 2 is 2.20 bits per heavy atom. The standard InChI is InChI=1S/C17H21N3O4S/c1-11(2)8-19-15(21)9-23-17(22)14-5-4-6-18-16(14)25-10-13-7-12(3)24-20-13/h4-7,11H,8-10H2,1-3H3,(H,19,21). The van der Waals surface area contributed by atoms with Gasteiger partial charge in [-0.2, -0.15) is 0 Å². The van der Waals surface area contributed by atoms with Gasteiger partial charge < -0.3 is 14.6 Å². The van der Waals surface area contributed by atoms with Crippen LogP contribution in [0.2, 0.25) is 0 Å². The number of amides is 1. The van der Waals surface area contributed by atoms with Crippen LogP contribution in [0.15, 0.2) is 33.9 Å². The molecule has 0 aliphatic heterocycles. The monoisotopic (exact) mass is 363 g/mol. The number of hydrogen-bond acceptors (Lipinski definition) is 7. The second-order valence-electron chi connectivity index (χ2n) is 5.85. The van der Waals surface area contributed by atoms with Gasteiger partial charge in [0.1, 0.15) is 10.8 Å². The number of ether oxygens (including phenoxy) is 1. The Morgan fingerprint density at radius 1 is 1.40 bits per heavy atom. The fraction of sp³-hybridized carbons (Fsp3) is 0.412. The highest BCUT2D eigenvalue weighted by atomic mass is 32.2. The molecule has 2 heterocycles. The second-order valence-corrected chi connectivity index (χ2v) is 6.81. The van der Waals surface area contributed by atoms with Gasteiger partial charge >= 0.3 is 5.97 Å². The van der Waals surface area contributed by atoms with Crippen molar-refractivity contribution in [3.8, 4) is 0 Å². The predicted molar refractivity (Wildman–Crippen MR) is 93.2 cm³/mol. The third-order valence-electron chi connectivity index (χ3n) is 3.07. The molecule has 2 aromatic rings. The quantitative estimate of drug-likeness (QED) is 0.569. The highest BCUT2D eigenvalue weighted by Crippen LogP contribution is 2.24. The molecule has 0 bridgehead atoms. The molecule has 25 heavy (non-hydrogen) atoms. The third kappa shape index (κ3) is 6.22. The van der Waals surface area contributed by atoms with E-state index in [9.17, 15) is 9.59 Å². The van der Waals surface area contributed by atoms with Crippen LogP contribution in [0, 0.1) is 12.8 Å². The number of aryl methyl sites for hydroxylation is 1. The first-order chi connectivity index (χ1) is 12.0. The average Bonchev–Trinajstić information content (AvgIpc) is 3.01. The van der Waals surface area contributed by atoms with Crippen LogP contribution in [-0.4, -0.2) is 35.2 Å². The summed E-state index contributed by atoms with van der Waals surface area (Å²) in [6.45, 7) is 6.02. The van der Waals surface area contributed by atoms with Crippen LogP contribution in [0.4, 0.5) is 0 Å². The van der Waals surface area contributed by atoms with Gasteiger partial charge in [0.15, 0.2) is 6.61 Å². The maximum absolute atomic E-state index is 12.2. The summed E-state index contributed by atoms with van der Waals surface area (Å²) in [4.78, 5) is 28.1. The molecule has 0 unspecified atom stereocenters. The Balaban J connectivity index is 1.92. The number of carbonyl (C=O) groups is 2. The van der Waals surface area contributed by atoms with Crippen LogP contribution in [0.3, 0.4) is 0 Å². The normalized spacial score (nSPS) is 10.7. The van der Waals surface area contributed by atoms with Crippen molar-refractivity contribution < 1.29 is 18.8 Å². The summed E-state index contributed by atoms with van der Waals surface area (Å²) in [6, 6.07) is 5.10. The predicted octanol–water partition coefficient (Wildman–Crippen LogP) is 2.60. The molecule has 8 heteroatoms. The maximum atomic E-state index is 12.2. The molecule has 0 fully saturated rings. The van der Waals surface area contributed by atoms with Crippen molar-refractivity contribution in [2.24, 2.45) is 5.92 Å². The Bertz CT molecular complexity index is 730. The Morgan fingerprint density at radius 3 is 2.88 bits per heavy atom. The van der Waals surface area contributed by atoms with Gasteiger partial charge in [0.05, 0.1) is 11.3 Å². The molecule has 0 spiro atoms. The van der Waals surface area contributed by atoms with Crippen molar-refractivity contribution in [3.63, 3.8) is 0 Å². The van der Waals surface area contributed by atoms with Gasteiger partial charge in [0.2, 0.25) is 0 Å². The summed E-state index contributed by atoms with van der Waals surface area (Å²) in [6.07, 6.45) is 1.60. The topological polar surface area (TPSA) is 94.3 Å². The van der Waals surface area contributed by atoms with Crippen molar-refractivity contribution in [2.45, 2.75) is 31.6 Å². The van der Waals surface area contributed by atoms with Crippen LogP contribution >= 0.6 is 11.8 Å². The zero-order valence-corrected chi connectivity index (χ0v) is 15.3. The number of pyridine rings is 1. The summed E-state index contributed by atoms with van der Waals surface area (Å²) >= 11 is 1.36. The summed E-state index contributed by atoms with van der Waals surface area (Å²) in [5.41, 5.74) is 1.09. The minimum absolute atomic E-state index is 0.312. The Labute approximate surface area is 150 Å². The highest BCUT2D eigenvalue weighted by molar-refractivity contribution is 7.98. The molecule has 2 rings (SSSR count). The lowest BCUT2D eigenvalue weighted by molar-refractivity contribution is -0.124. The smallest absolute Gasteiger partial charge is 0.341 e. The van der Waals surface area contributed by atoms with E-state index in [4.69, 9.17) is 9.26 Å². The Hall–Kier alpha value is -2.35. The number of esters is 1. The zero-order chi connectivity index (χ0) is 18.2. The molecule has 1 N–H and O–H groups in total. The van der Waals surface area contributed by atoms with Crippen molar-refractivity contribution in [2.75, 3.05) is 13.2 Å². The van der Waals surface area contributed by atoms with E-state index in [1.54, 1.807) is 18.3 Å². The van der Waals surface area contributed by atoms with Crippen molar-refractivity contribution in [3.05, 3.63) is 41.4 Å². The average molecular weight is 363 g/mol. The first-order valence-corrected chi connectivity index (χ1v) is 8.88. The largest absolute Gasteiger partial charge is 0.452 e. The number of aromatic nitrogens is 2. The fourth-order valence-electron chi connectivity index (χ4n) is 1.87. The summed E-state index contributed by atoms with van der Waals surface area (Å²) in [7, 11) is 0. The van der Waals surface area contributed by atoms with E-state index in [2.05, 4.69) is 15.5 Å². The van der Waals surface area contributed by atoms with Crippen LogP contribution in [0.1, 0.15) is 35.7 Å². The molecule has 1 amide bonds. The maximum Gasteiger partial charge on any atom is 0.341 e. The molecule has 134 valence electrons. The molecule has 0 saturated heterocycles. The van der Waals surface area contributed by atoms with E-state index in [-0.39, 0.29) is 12.5 Å². The van der Waals surface area contributed by atoms with Crippen molar-refractivity contribution in [1.29, 1.82) is 0 Å². The van der Waals surface area contributed by atoms with Gasteiger partial charge in [-0.15, -0.1) is 0 Å². The minimum atomic E-state index is -0.577. The number of thioether (sulfide) groups is 1. The third-order valence-corrected chi connectivity index (χ3v) is 4.11. The molecule has 2 aromatic heterocycles.